The number of carbonyl (C=O) groups is 3. The van der Waals surface area contributed by atoms with Gasteiger partial charge in [0.25, 0.3) is 16.0 Å². The first kappa shape index (κ1) is 41.1. The maximum atomic E-state index is 13.6. The molecule has 0 unspecified atom stereocenters. The van der Waals surface area contributed by atoms with Crippen LogP contribution >= 0.6 is 0 Å². The number of aromatic nitrogens is 3. The van der Waals surface area contributed by atoms with E-state index in [1.54, 1.807) is 49.7 Å². The van der Waals surface area contributed by atoms with Gasteiger partial charge in [-0.2, -0.15) is 13.5 Å². The lowest BCUT2D eigenvalue weighted by Gasteiger charge is -2.21. The second-order valence-corrected chi connectivity index (χ2v) is 13.1. The van der Waals surface area contributed by atoms with Gasteiger partial charge in [0, 0.05) is 31.0 Å². The Hall–Kier alpha value is -5.35. The van der Waals surface area contributed by atoms with Crippen molar-refractivity contribution in [3.63, 3.8) is 0 Å². The van der Waals surface area contributed by atoms with Crippen molar-refractivity contribution in [2.75, 3.05) is 35.7 Å². The number of fused-ring (bicyclic) bond motifs is 1. The molecule has 52 heavy (non-hydrogen) atoms. The van der Waals surface area contributed by atoms with Crippen LogP contribution in [0.1, 0.15) is 74.6 Å². The van der Waals surface area contributed by atoms with Crippen LogP contribution in [-0.2, 0) is 38.0 Å². The van der Waals surface area contributed by atoms with Gasteiger partial charge in [-0.1, -0.05) is 44.4 Å². The first-order valence-corrected chi connectivity index (χ1v) is 18.6. The summed E-state index contributed by atoms with van der Waals surface area (Å²) < 4.78 is 39.0. The van der Waals surface area contributed by atoms with Gasteiger partial charge in [0.05, 0.1) is 49.2 Å². The normalized spacial score (nSPS) is 11.1. The molecule has 0 fully saturated rings. The number of amides is 2. The van der Waals surface area contributed by atoms with Crippen molar-refractivity contribution in [3.05, 3.63) is 83.8 Å². The number of ether oxygens (including phenoxy) is 2. The van der Waals surface area contributed by atoms with Gasteiger partial charge in [-0.25, -0.2) is 20.2 Å². The number of hydrogen-bond acceptors (Lipinski definition) is 11. The summed E-state index contributed by atoms with van der Waals surface area (Å²) in [6, 6.07) is 18.3. The standard InChI is InChI=1S/C34H41N7O5.C2H6O3S/c1-4-6-7-10-21-46-34(44)39-37-23-25-12-15-27(16-13-25)36-24-31-38-28-22-26(14-17-29(28)40(31)3)33(43)41(20-18-32(42)45-5-2)30-11-8-9-19-35-30;1-2-6(3,4)5/h8-9,11-17,19,22-23,36H,4-7,10,18,20-21,24H2,1-3H3,(H,39,44);2H2,1H3,(H,3,4,5)/b37-23+;. The van der Waals surface area contributed by atoms with Crippen molar-refractivity contribution in [2.45, 2.75) is 59.4 Å². The van der Waals surface area contributed by atoms with Gasteiger partial charge in [-0.3, -0.25) is 19.0 Å². The number of hydrazone groups is 1. The lowest BCUT2D eigenvalue weighted by atomic mass is 10.1. The molecule has 4 rings (SSSR count). The molecule has 2 heterocycles. The largest absolute Gasteiger partial charge is 0.466 e. The molecule has 3 N–H and O–H groups in total. The Morgan fingerprint density at radius 3 is 2.40 bits per heavy atom. The molecule has 0 aliphatic carbocycles. The van der Waals surface area contributed by atoms with Crippen LogP contribution in [0.3, 0.4) is 0 Å². The summed E-state index contributed by atoms with van der Waals surface area (Å²) in [5.41, 5.74) is 6.07. The molecule has 0 saturated carbocycles. The third-order valence-electron chi connectivity index (χ3n) is 7.56. The number of imidazole rings is 1. The Morgan fingerprint density at radius 2 is 1.75 bits per heavy atom. The molecule has 0 aliphatic heterocycles. The van der Waals surface area contributed by atoms with Gasteiger partial charge in [0.2, 0.25) is 0 Å². The summed E-state index contributed by atoms with van der Waals surface area (Å²) in [5.74, 6) is 0.373. The Kier molecular flexibility index (Phi) is 16.7. The molecule has 0 radical (unpaired) electrons. The second kappa shape index (κ2) is 21.1. The first-order valence-electron chi connectivity index (χ1n) is 17.0. The minimum Gasteiger partial charge on any atom is -0.466 e. The number of anilines is 2. The van der Waals surface area contributed by atoms with Crippen molar-refractivity contribution < 1.29 is 36.8 Å². The smallest absolute Gasteiger partial charge is 0.427 e. The zero-order valence-corrected chi connectivity index (χ0v) is 30.8. The SMILES string of the molecule is CCCCCCOC(=O)N/N=C/c1ccc(NCc2nc3cc(C(=O)N(CCC(=O)OCC)c4ccccn4)ccc3n2C)cc1.CCS(=O)(=O)O. The zero-order chi connectivity index (χ0) is 37.9. The van der Waals surface area contributed by atoms with Crippen molar-refractivity contribution in [2.24, 2.45) is 12.1 Å². The minimum absolute atomic E-state index is 0.0519. The van der Waals surface area contributed by atoms with E-state index in [1.165, 1.54) is 11.8 Å². The van der Waals surface area contributed by atoms with E-state index in [2.05, 4.69) is 27.8 Å². The fraction of sp³-hybridized carbons (Fsp3) is 0.389. The highest BCUT2D eigenvalue weighted by Crippen LogP contribution is 2.21. The number of rotatable bonds is 17. The first-order chi connectivity index (χ1) is 24.9. The topological polar surface area (TPSA) is 194 Å². The van der Waals surface area contributed by atoms with Crippen molar-refractivity contribution in [1.82, 2.24) is 20.0 Å². The fourth-order valence-electron chi connectivity index (χ4n) is 4.72. The van der Waals surface area contributed by atoms with E-state index < -0.39 is 16.2 Å². The highest BCUT2D eigenvalue weighted by Gasteiger charge is 2.21. The molecule has 2 amide bonds. The second-order valence-electron chi connectivity index (χ2n) is 11.4. The van der Waals surface area contributed by atoms with Gasteiger partial charge in [-0.15, -0.1) is 0 Å². The fourth-order valence-corrected chi connectivity index (χ4v) is 4.72. The monoisotopic (exact) mass is 737 g/mol. The molecular weight excluding hydrogens is 691 g/mol. The highest BCUT2D eigenvalue weighted by atomic mass is 32.2. The van der Waals surface area contributed by atoms with E-state index in [0.717, 1.165) is 48.3 Å². The Morgan fingerprint density at radius 1 is 1.00 bits per heavy atom. The number of hydrogen-bond donors (Lipinski definition) is 3. The van der Waals surface area contributed by atoms with Crippen molar-refractivity contribution >= 4 is 56.8 Å². The maximum absolute atomic E-state index is 13.6. The highest BCUT2D eigenvalue weighted by molar-refractivity contribution is 7.85. The molecule has 2 aromatic heterocycles. The number of pyridine rings is 1. The van der Waals surface area contributed by atoms with E-state index in [-0.39, 0.29) is 37.2 Å². The summed E-state index contributed by atoms with van der Waals surface area (Å²) >= 11 is 0. The molecule has 280 valence electrons. The molecule has 2 aromatic carbocycles. The van der Waals surface area contributed by atoms with Crippen LogP contribution in [0.5, 0.6) is 0 Å². The molecule has 16 heteroatoms. The van der Waals surface area contributed by atoms with Gasteiger partial charge in [-0.05, 0) is 68.3 Å². The number of nitrogens with zero attached hydrogens (tertiary/aromatic N) is 5. The van der Waals surface area contributed by atoms with Crippen LogP contribution in [0.25, 0.3) is 11.0 Å². The molecule has 0 spiro atoms. The molecular formula is C36H47N7O8S. The van der Waals surface area contributed by atoms with Crippen LogP contribution in [0.15, 0.2) is 72.0 Å². The summed E-state index contributed by atoms with van der Waals surface area (Å²) in [7, 11) is -1.74. The quantitative estimate of drug-likeness (QED) is 0.0395. The predicted octanol–water partition coefficient (Wildman–Crippen LogP) is 5.71. The number of esters is 1. The lowest BCUT2D eigenvalue weighted by Crippen LogP contribution is -2.34. The van der Waals surface area contributed by atoms with Gasteiger partial charge in [0.15, 0.2) is 0 Å². The van der Waals surface area contributed by atoms with Crippen LogP contribution in [0.4, 0.5) is 16.3 Å². The van der Waals surface area contributed by atoms with Gasteiger partial charge >= 0.3 is 12.1 Å². The number of carbonyl (C=O) groups excluding carboxylic acids is 3. The molecule has 0 atom stereocenters. The van der Waals surface area contributed by atoms with Crippen LogP contribution in [0, 0.1) is 0 Å². The van der Waals surface area contributed by atoms with Gasteiger partial charge < -0.3 is 19.4 Å². The van der Waals surface area contributed by atoms with Crippen LogP contribution in [0.2, 0.25) is 0 Å². The maximum Gasteiger partial charge on any atom is 0.427 e. The van der Waals surface area contributed by atoms with Crippen LogP contribution in [-0.4, -0.2) is 77.2 Å². The third-order valence-corrected chi connectivity index (χ3v) is 8.29. The van der Waals surface area contributed by atoms with Crippen molar-refractivity contribution in [3.8, 4) is 0 Å². The molecule has 0 bridgehead atoms. The zero-order valence-electron chi connectivity index (χ0n) is 29.9. The summed E-state index contributed by atoms with van der Waals surface area (Å²) in [5, 5.41) is 7.33. The van der Waals surface area contributed by atoms with Gasteiger partial charge in [0.1, 0.15) is 11.6 Å². The van der Waals surface area contributed by atoms with E-state index in [0.29, 0.717) is 30.0 Å². The van der Waals surface area contributed by atoms with E-state index >= 15 is 0 Å². The number of nitrogens with one attached hydrogen (secondary N) is 2. The Bertz CT molecular complexity index is 1880. The Balaban J connectivity index is 0.00000112. The minimum atomic E-state index is -3.66. The molecule has 4 aromatic rings. The van der Waals surface area contributed by atoms with Crippen LogP contribution < -0.4 is 15.6 Å². The Labute approximate surface area is 304 Å². The molecule has 0 saturated heterocycles. The van der Waals surface area contributed by atoms with E-state index in [1.807, 2.05) is 41.9 Å². The summed E-state index contributed by atoms with van der Waals surface area (Å²) in [4.78, 5) is 48.0. The average Bonchev–Trinajstić information content (AvgIpc) is 3.45. The number of aryl methyl sites for hydroxylation is 1. The summed E-state index contributed by atoms with van der Waals surface area (Å²) in [6.45, 7) is 6.50. The molecule has 15 nitrogen and oxygen atoms in total. The predicted molar refractivity (Wildman–Crippen MR) is 200 cm³/mol. The molecule has 0 aliphatic rings. The van der Waals surface area contributed by atoms with Crippen molar-refractivity contribution in [1.29, 1.82) is 0 Å². The van der Waals surface area contributed by atoms with E-state index in [4.69, 9.17) is 19.0 Å². The average molecular weight is 738 g/mol. The van der Waals surface area contributed by atoms with E-state index in [9.17, 15) is 22.8 Å². The lowest BCUT2D eigenvalue weighted by molar-refractivity contribution is -0.142. The number of unbranched alkanes of at least 4 members (excludes halogenated alkanes) is 3. The number of benzene rings is 2. The summed E-state index contributed by atoms with van der Waals surface area (Å²) in [6.07, 6.45) is 6.79. The third kappa shape index (κ3) is 13.8.